The van der Waals surface area contributed by atoms with E-state index >= 15 is 0 Å². The average Bonchev–Trinajstić information content (AvgIpc) is 2.94. The monoisotopic (exact) mass is 307 g/mol. The summed E-state index contributed by atoms with van der Waals surface area (Å²) in [5, 5.41) is 11.2. The molecule has 0 saturated carbocycles. The number of aryl methyl sites for hydroxylation is 1. The van der Waals surface area contributed by atoms with Gasteiger partial charge in [0.15, 0.2) is 4.96 Å². The number of hydrogen-bond donors (Lipinski definition) is 1. The maximum absolute atomic E-state index is 12.1. The number of thiazole rings is 1. The van der Waals surface area contributed by atoms with Gasteiger partial charge in [-0.1, -0.05) is 6.92 Å². The van der Waals surface area contributed by atoms with Crippen molar-refractivity contribution in [2.75, 3.05) is 6.54 Å². The van der Waals surface area contributed by atoms with E-state index in [0.29, 0.717) is 17.2 Å². The third kappa shape index (κ3) is 2.47. The Balaban J connectivity index is 1.92. The molecule has 0 aliphatic carbocycles. The lowest BCUT2D eigenvalue weighted by Crippen LogP contribution is -2.38. The van der Waals surface area contributed by atoms with Gasteiger partial charge in [0.2, 0.25) is 0 Å². The van der Waals surface area contributed by atoms with Crippen molar-refractivity contribution in [1.29, 1.82) is 0 Å². The molecule has 3 rings (SSSR count). The molecule has 7 heteroatoms. The summed E-state index contributed by atoms with van der Waals surface area (Å²) < 4.78 is 1.58. The zero-order valence-corrected chi connectivity index (χ0v) is 12.8. The summed E-state index contributed by atoms with van der Waals surface area (Å²) in [5.74, 6) is -0.680. The van der Waals surface area contributed by atoms with E-state index in [9.17, 15) is 14.7 Å². The van der Waals surface area contributed by atoms with Crippen LogP contribution in [-0.4, -0.2) is 37.9 Å². The van der Waals surface area contributed by atoms with Crippen molar-refractivity contribution >= 4 is 22.3 Å². The van der Waals surface area contributed by atoms with E-state index in [4.69, 9.17) is 0 Å². The lowest BCUT2D eigenvalue weighted by Gasteiger charge is -2.22. The predicted octanol–water partition coefficient (Wildman–Crippen LogP) is 1.36. The Bertz CT molecular complexity index is 751. The van der Waals surface area contributed by atoms with Gasteiger partial charge in [-0.2, -0.15) is 0 Å². The highest BCUT2D eigenvalue weighted by molar-refractivity contribution is 7.15. The van der Waals surface area contributed by atoms with Crippen molar-refractivity contribution in [2.45, 2.75) is 32.9 Å². The van der Waals surface area contributed by atoms with Crippen LogP contribution in [0.5, 0.6) is 0 Å². The minimum absolute atomic E-state index is 0.104. The molecule has 1 aliphatic rings. The van der Waals surface area contributed by atoms with E-state index in [1.807, 2.05) is 24.1 Å². The molecule has 0 aromatic carbocycles. The van der Waals surface area contributed by atoms with Gasteiger partial charge in [-0.3, -0.25) is 18.9 Å². The highest BCUT2D eigenvalue weighted by atomic mass is 32.1. The average molecular weight is 307 g/mol. The molecule has 1 fully saturated rings. The van der Waals surface area contributed by atoms with Crippen molar-refractivity contribution in [3.63, 3.8) is 0 Å². The van der Waals surface area contributed by atoms with E-state index in [1.165, 1.54) is 17.4 Å². The van der Waals surface area contributed by atoms with E-state index in [-0.39, 0.29) is 11.5 Å². The van der Waals surface area contributed by atoms with Crippen molar-refractivity contribution in [3.05, 3.63) is 33.2 Å². The molecule has 2 aromatic rings. The number of carbonyl (C=O) groups is 1. The molecule has 0 bridgehead atoms. The molecule has 0 amide bonds. The Kier molecular flexibility index (Phi) is 3.54. The fourth-order valence-electron chi connectivity index (χ4n) is 2.99. The number of carboxylic acids is 1. The molecule has 0 spiro atoms. The number of hydrogen-bond acceptors (Lipinski definition) is 5. The van der Waals surface area contributed by atoms with Crippen LogP contribution >= 0.6 is 11.3 Å². The summed E-state index contributed by atoms with van der Waals surface area (Å²) in [5.41, 5.74) is 1.41. The Morgan fingerprint density at radius 2 is 2.33 bits per heavy atom. The zero-order valence-electron chi connectivity index (χ0n) is 11.9. The molecule has 1 aliphatic heterocycles. The number of carboxylic acid groups (broad SMARTS) is 1. The number of fused-ring (bicyclic) bond motifs is 1. The SMILES string of the molecule is Cc1csc2nc(CN3CCC(C)C3C(=O)O)cc(=O)n12. The van der Waals surface area contributed by atoms with Gasteiger partial charge in [-0.25, -0.2) is 4.98 Å². The first kappa shape index (κ1) is 14.2. The maximum Gasteiger partial charge on any atom is 0.321 e. The first-order valence-electron chi connectivity index (χ1n) is 6.91. The van der Waals surface area contributed by atoms with Crippen molar-refractivity contribution < 1.29 is 9.90 Å². The molecule has 112 valence electrons. The maximum atomic E-state index is 12.1. The van der Waals surface area contributed by atoms with Crippen molar-refractivity contribution in [1.82, 2.24) is 14.3 Å². The van der Waals surface area contributed by atoms with Gasteiger partial charge in [0.25, 0.3) is 5.56 Å². The summed E-state index contributed by atoms with van der Waals surface area (Å²) in [6, 6.07) is 1.02. The summed E-state index contributed by atoms with van der Waals surface area (Å²) in [4.78, 5) is 30.5. The Morgan fingerprint density at radius 1 is 1.57 bits per heavy atom. The molecule has 3 heterocycles. The Hall–Kier alpha value is -1.73. The van der Waals surface area contributed by atoms with E-state index in [0.717, 1.165) is 18.7 Å². The fourth-order valence-corrected chi connectivity index (χ4v) is 3.88. The number of aliphatic carboxylic acids is 1. The molecular weight excluding hydrogens is 290 g/mol. The standard InChI is InChI=1S/C14H17N3O3S/c1-8-3-4-16(12(8)13(19)20)6-10-5-11(18)17-9(2)7-21-14(17)15-10/h5,7-8,12H,3-4,6H2,1-2H3,(H,19,20). The summed E-state index contributed by atoms with van der Waals surface area (Å²) in [6.45, 7) is 4.95. The number of likely N-dealkylation sites (tertiary alicyclic amines) is 1. The van der Waals surface area contributed by atoms with Crippen LogP contribution in [0.2, 0.25) is 0 Å². The second-order valence-electron chi connectivity index (χ2n) is 5.60. The topological polar surface area (TPSA) is 74.9 Å². The molecule has 2 atom stereocenters. The number of nitrogens with zero attached hydrogens (tertiary/aromatic N) is 3. The van der Waals surface area contributed by atoms with Crippen LogP contribution in [0.4, 0.5) is 0 Å². The van der Waals surface area contributed by atoms with Crippen LogP contribution in [0.15, 0.2) is 16.2 Å². The van der Waals surface area contributed by atoms with Gasteiger partial charge < -0.3 is 5.11 Å². The second kappa shape index (κ2) is 5.23. The van der Waals surface area contributed by atoms with Crippen molar-refractivity contribution in [2.24, 2.45) is 5.92 Å². The van der Waals surface area contributed by atoms with Crippen LogP contribution in [0, 0.1) is 12.8 Å². The smallest absolute Gasteiger partial charge is 0.321 e. The molecule has 2 aromatic heterocycles. The van der Waals surface area contributed by atoms with Gasteiger partial charge in [0.1, 0.15) is 6.04 Å². The minimum Gasteiger partial charge on any atom is -0.480 e. The number of aromatic nitrogens is 2. The largest absolute Gasteiger partial charge is 0.480 e. The molecule has 0 radical (unpaired) electrons. The van der Waals surface area contributed by atoms with Crippen molar-refractivity contribution in [3.8, 4) is 0 Å². The van der Waals surface area contributed by atoms with E-state index in [2.05, 4.69) is 4.98 Å². The fraction of sp³-hybridized carbons (Fsp3) is 0.500. The van der Waals surface area contributed by atoms with Gasteiger partial charge in [0.05, 0.1) is 5.69 Å². The molecule has 2 unspecified atom stereocenters. The summed E-state index contributed by atoms with van der Waals surface area (Å²) >= 11 is 1.42. The molecule has 1 N–H and O–H groups in total. The Labute approximate surface area is 125 Å². The van der Waals surface area contributed by atoms with E-state index < -0.39 is 12.0 Å². The zero-order chi connectivity index (χ0) is 15.1. The molecular formula is C14H17N3O3S. The van der Waals surface area contributed by atoms with Gasteiger partial charge in [-0.05, 0) is 25.8 Å². The van der Waals surface area contributed by atoms with Crippen LogP contribution in [0.3, 0.4) is 0 Å². The normalized spacial score (nSPS) is 23.0. The Morgan fingerprint density at radius 3 is 3.05 bits per heavy atom. The summed E-state index contributed by atoms with van der Waals surface area (Å²) in [6.07, 6.45) is 0.857. The molecule has 1 saturated heterocycles. The molecule has 6 nitrogen and oxygen atoms in total. The number of rotatable bonds is 3. The summed E-state index contributed by atoms with van der Waals surface area (Å²) in [7, 11) is 0. The lowest BCUT2D eigenvalue weighted by molar-refractivity contribution is -0.143. The first-order valence-corrected chi connectivity index (χ1v) is 7.79. The van der Waals surface area contributed by atoms with Crippen LogP contribution in [0.1, 0.15) is 24.7 Å². The minimum atomic E-state index is -0.801. The van der Waals surface area contributed by atoms with Gasteiger partial charge >= 0.3 is 5.97 Å². The van der Waals surface area contributed by atoms with E-state index in [1.54, 1.807) is 4.40 Å². The van der Waals surface area contributed by atoms with Gasteiger partial charge in [-0.15, -0.1) is 11.3 Å². The third-order valence-corrected chi connectivity index (χ3v) is 4.99. The lowest BCUT2D eigenvalue weighted by atomic mass is 10.0. The second-order valence-corrected chi connectivity index (χ2v) is 6.44. The molecule has 21 heavy (non-hydrogen) atoms. The van der Waals surface area contributed by atoms with Crippen LogP contribution in [0.25, 0.3) is 4.96 Å². The highest BCUT2D eigenvalue weighted by Gasteiger charge is 2.36. The third-order valence-electron chi connectivity index (χ3n) is 4.05. The van der Waals surface area contributed by atoms with Crippen LogP contribution < -0.4 is 5.56 Å². The van der Waals surface area contributed by atoms with Crippen LogP contribution in [-0.2, 0) is 11.3 Å². The van der Waals surface area contributed by atoms with Gasteiger partial charge in [0, 0.05) is 23.7 Å². The predicted molar refractivity (Wildman–Crippen MR) is 79.7 cm³/mol. The highest BCUT2D eigenvalue weighted by Crippen LogP contribution is 2.25. The first-order chi connectivity index (χ1) is 9.97. The quantitative estimate of drug-likeness (QED) is 0.926.